The molecule has 47 heavy (non-hydrogen) atoms. The van der Waals surface area contributed by atoms with Gasteiger partial charge < -0.3 is 4.90 Å². The number of hydrogen-bond acceptors (Lipinski definition) is 3. The van der Waals surface area contributed by atoms with Crippen molar-refractivity contribution in [2.75, 3.05) is 7.05 Å². The minimum absolute atomic E-state index is 0.0484. The Kier molecular flexibility index (Phi) is 6.43. The highest BCUT2D eigenvalue weighted by Crippen LogP contribution is 2.41. The molecule has 7 aromatic carbocycles. The number of aromatic nitrogens is 1. The summed E-state index contributed by atoms with van der Waals surface area (Å²) in [5, 5.41) is 9.95. The van der Waals surface area contributed by atoms with Crippen molar-refractivity contribution in [2.24, 2.45) is 4.99 Å². The van der Waals surface area contributed by atoms with E-state index in [1.165, 1.54) is 48.7 Å². The molecule has 0 saturated carbocycles. The van der Waals surface area contributed by atoms with Crippen molar-refractivity contribution in [1.82, 2.24) is 9.88 Å². The van der Waals surface area contributed by atoms with E-state index in [0.717, 1.165) is 33.9 Å². The molecule has 0 bridgehead atoms. The van der Waals surface area contributed by atoms with Crippen molar-refractivity contribution < 1.29 is 0 Å². The van der Waals surface area contributed by atoms with Gasteiger partial charge in [0.05, 0.1) is 17.4 Å². The molecular formula is C44H31N3. The molecule has 0 spiro atoms. The number of hydrogen-bond donors (Lipinski definition) is 0. The summed E-state index contributed by atoms with van der Waals surface area (Å²) in [6.07, 6.45) is 4.20. The fourth-order valence-corrected chi connectivity index (χ4v) is 7.26. The van der Waals surface area contributed by atoms with Crippen LogP contribution in [0.3, 0.4) is 0 Å². The lowest BCUT2D eigenvalue weighted by atomic mass is 9.89. The molecule has 0 aliphatic carbocycles. The van der Waals surface area contributed by atoms with Crippen LogP contribution in [0.2, 0.25) is 0 Å². The molecule has 0 amide bonds. The molecule has 0 radical (unpaired) electrons. The Bertz CT molecular complexity index is 2530. The quantitative estimate of drug-likeness (QED) is 0.188. The van der Waals surface area contributed by atoms with E-state index in [1.807, 2.05) is 24.4 Å². The van der Waals surface area contributed by atoms with Crippen molar-refractivity contribution >= 4 is 54.6 Å². The zero-order chi connectivity index (χ0) is 31.3. The van der Waals surface area contributed by atoms with E-state index in [0.29, 0.717) is 0 Å². The van der Waals surface area contributed by atoms with Crippen LogP contribution in [0.15, 0.2) is 169 Å². The summed E-state index contributed by atoms with van der Waals surface area (Å²) in [7, 11) is 2.17. The first-order valence-corrected chi connectivity index (χ1v) is 16.1. The van der Waals surface area contributed by atoms with Crippen molar-refractivity contribution in [3.8, 4) is 11.3 Å². The number of nitrogens with zero attached hydrogens (tertiary/aromatic N) is 3. The minimum atomic E-state index is -0.0484. The number of amidine groups is 1. The Morgan fingerprint density at radius 1 is 0.511 bits per heavy atom. The van der Waals surface area contributed by atoms with E-state index in [9.17, 15) is 0 Å². The maximum Gasteiger partial charge on any atom is 0.137 e. The molecule has 2 heterocycles. The minimum Gasteiger partial charge on any atom is -0.349 e. The topological polar surface area (TPSA) is 28.5 Å². The number of fused-ring (bicyclic) bond motifs is 6. The molecule has 3 nitrogen and oxygen atoms in total. The fraction of sp³-hybridized carbons (Fsp3) is 0.0455. The Labute approximate surface area is 273 Å². The molecule has 1 aliphatic heterocycles. The Hall–Kier alpha value is -6.06. The van der Waals surface area contributed by atoms with Crippen LogP contribution in [-0.4, -0.2) is 22.8 Å². The second-order valence-electron chi connectivity index (χ2n) is 12.3. The van der Waals surface area contributed by atoms with E-state index in [4.69, 9.17) is 4.99 Å². The molecule has 1 aliphatic rings. The monoisotopic (exact) mass is 601 g/mol. The lowest BCUT2D eigenvalue weighted by Crippen LogP contribution is -2.33. The predicted octanol–water partition coefficient (Wildman–Crippen LogP) is 10.8. The zero-order valence-corrected chi connectivity index (χ0v) is 26.0. The van der Waals surface area contributed by atoms with Gasteiger partial charge in [-0.25, -0.2) is 4.99 Å². The van der Waals surface area contributed by atoms with Gasteiger partial charge in [0, 0.05) is 29.9 Å². The maximum absolute atomic E-state index is 5.47. The molecule has 0 saturated heterocycles. The van der Waals surface area contributed by atoms with Crippen LogP contribution in [0.4, 0.5) is 0 Å². The van der Waals surface area contributed by atoms with Crippen molar-refractivity contribution in [2.45, 2.75) is 6.04 Å². The molecule has 222 valence electrons. The molecule has 1 atom stereocenters. The van der Waals surface area contributed by atoms with Gasteiger partial charge in [0.1, 0.15) is 5.84 Å². The lowest BCUT2D eigenvalue weighted by Gasteiger charge is -2.34. The normalized spacial score (nSPS) is 14.9. The van der Waals surface area contributed by atoms with E-state index in [2.05, 4.69) is 156 Å². The zero-order valence-electron chi connectivity index (χ0n) is 26.0. The molecule has 1 aromatic heterocycles. The van der Waals surface area contributed by atoms with Gasteiger partial charge in [-0.1, -0.05) is 127 Å². The van der Waals surface area contributed by atoms with Gasteiger partial charge in [0.15, 0.2) is 0 Å². The first-order chi connectivity index (χ1) is 23.2. The van der Waals surface area contributed by atoms with Crippen LogP contribution in [0.5, 0.6) is 0 Å². The standard InChI is InChI=1S/C44H31N3/c1-47-43(40-27-32-13-3-5-15-34(32)36-17-7-9-19-38(36)40)28-42(39-26-31-12-2-4-14-33(31)35-16-6-8-18-37(35)39)46-44(47)30-23-21-29(22-24-30)41-20-10-11-25-45-41/h2-28,43H,1H3. The third kappa shape index (κ3) is 4.59. The summed E-state index contributed by atoms with van der Waals surface area (Å²) in [6.45, 7) is 0. The number of pyridine rings is 1. The smallest absolute Gasteiger partial charge is 0.137 e. The molecule has 9 rings (SSSR count). The Morgan fingerprint density at radius 2 is 1.06 bits per heavy atom. The second-order valence-corrected chi connectivity index (χ2v) is 12.3. The SMILES string of the molecule is CN1C(c2ccc(-c3ccccn3)cc2)=NC(c2cc3ccccc3c3ccccc23)=CC1c1cc2ccccc2c2ccccc12. The fourth-order valence-electron chi connectivity index (χ4n) is 7.26. The van der Waals surface area contributed by atoms with Crippen LogP contribution >= 0.6 is 0 Å². The summed E-state index contributed by atoms with van der Waals surface area (Å²) in [5.74, 6) is 0.939. The molecule has 1 unspecified atom stereocenters. The molecule has 0 N–H and O–H groups in total. The van der Waals surface area contributed by atoms with Gasteiger partial charge in [-0.2, -0.15) is 0 Å². The average Bonchev–Trinajstić information content (AvgIpc) is 3.15. The highest BCUT2D eigenvalue weighted by atomic mass is 15.2. The summed E-state index contributed by atoms with van der Waals surface area (Å²) in [5.41, 5.74) is 6.50. The van der Waals surface area contributed by atoms with Gasteiger partial charge in [0.25, 0.3) is 0 Å². The van der Waals surface area contributed by atoms with Crippen molar-refractivity contribution in [3.05, 3.63) is 181 Å². The molecular weight excluding hydrogens is 571 g/mol. The second kappa shape index (κ2) is 11.1. The largest absolute Gasteiger partial charge is 0.349 e. The van der Waals surface area contributed by atoms with Gasteiger partial charge in [0.2, 0.25) is 0 Å². The van der Waals surface area contributed by atoms with Gasteiger partial charge in [-0.15, -0.1) is 0 Å². The summed E-state index contributed by atoms with van der Waals surface area (Å²) in [4.78, 5) is 12.4. The van der Waals surface area contributed by atoms with E-state index < -0.39 is 0 Å². The third-order valence-electron chi connectivity index (χ3n) is 9.56. The summed E-state index contributed by atoms with van der Waals surface area (Å²) in [6, 6.07) is 54.2. The van der Waals surface area contributed by atoms with Gasteiger partial charge in [-0.05, 0) is 79.0 Å². The maximum atomic E-state index is 5.47. The van der Waals surface area contributed by atoms with Crippen LogP contribution in [0.1, 0.15) is 22.7 Å². The van der Waals surface area contributed by atoms with E-state index in [-0.39, 0.29) is 6.04 Å². The Balaban J connectivity index is 1.29. The Morgan fingerprint density at radius 3 is 1.74 bits per heavy atom. The number of benzene rings is 7. The third-order valence-corrected chi connectivity index (χ3v) is 9.56. The van der Waals surface area contributed by atoms with Crippen LogP contribution in [0.25, 0.3) is 60.0 Å². The molecule has 3 heteroatoms. The van der Waals surface area contributed by atoms with Crippen LogP contribution < -0.4 is 0 Å². The number of rotatable bonds is 4. The molecule has 0 fully saturated rings. The van der Waals surface area contributed by atoms with Crippen molar-refractivity contribution in [3.63, 3.8) is 0 Å². The highest BCUT2D eigenvalue weighted by Gasteiger charge is 2.28. The summed E-state index contributed by atoms with van der Waals surface area (Å²) >= 11 is 0. The van der Waals surface area contributed by atoms with Gasteiger partial charge >= 0.3 is 0 Å². The lowest BCUT2D eigenvalue weighted by molar-refractivity contribution is 0.437. The highest BCUT2D eigenvalue weighted by molar-refractivity contribution is 6.14. The average molecular weight is 602 g/mol. The predicted molar refractivity (Wildman–Crippen MR) is 198 cm³/mol. The van der Waals surface area contributed by atoms with Gasteiger partial charge in [-0.3, -0.25) is 4.98 Å². The van der Waals surface area contributed by atoms with E-state index >= 15 is 0 Å². The van der Waals surface area contributed by atoms with Crippen LogP contribution in [0, 0.1) is 0 Å². The summed E-state index contributed by atoms with van der Waals surface area (Å²) < 4.78 is 0. The van der Waals surface area contributed by atoms with Crippen LogP contribution in [-0.2, 0) is 0 Å². The molecule has 8 aromatic rings. The van der Waals surface area contributed by atoms with E-state index in [1.54, 1.807) is 0 Å². The number of aliphatic imine (C=N–C) groups is 1. The first kappa shape index (κ1) is 27.3. The number of likely N-dealkylation sites (N-methyl/N-ethyl adjacent to an activating group) is 1. The first-order valence-electron chi connectivity index (χ1n) is 16.1. The van der Waals surface area contributed by atoms with Crippen molar-refractivity contribution in [1.29, 1.82) is 0 Å².